The van der Waals surface area contributed by atoms with Gasteiger partial charge >= 0.3 is 6.16 Å². The molecule has 16 heavy (non-hydrogen) atoms. The number of hydrogen-bond donors (Lipinski definition) is 0. The fourth-order valence-corrected chi connectivity index (χ4v) is 1.00. The second-order valence-electron chi connectivity index (χ2n) is 3.32. The number of carbonyl (C=O) groups is 2. The Morgan fingerprint density at radius 2 is 2.12 bits per heavy atom. The molecule has 4 nitrogen and oxygen atoms in total. The average molecular weight is 226 g/mol. The highest BCUT2D eigenvalue weighted by Crippen LogP contribution is 2.18. The third kappa shape index (κ3) is 3.34. The monoisotopic (exact) mass is 226 g/mol. The number of aldehydes is 1. The molecule has 0 spiro atoms. The third-order valence-electron chi connectivity index (χ3n) is 1.63. The minimum atomic E-state index is -0.969. The zero-order valence-corrected chi connectivity index (χ0v) is 8.90. The Morgan fingerprint density at radius 3 is 2.69 bits per heavy atom. The Morgan fingerprint density at radius 1 is 1.44 bits per heavy atom. The van der Waals surface area contributed by atoms with Gasteiger partial charge in [-0.1, -0.05) is 0 Å². The highest BCUT2D eigenvalue weighted by Gasteiger charge is 2.12. The van der Waals surface area contributed by atoms with Crippen molar-refractivity contribution < 1.29 is 23.5 Å². The van der Waals surface area contributed by atoms with E-state index in [0.717, 1.165) is 12.1 Å². The number of ether oxygens (including phenoxy) is 2. The maximum atomic E-state index is 12.8. The molecular weight excluding hydrogens is 215 g/mol. The van der Waals surface area contributed by atoms with Crippen LogP contribution in [-0.4, -0.2) is 18.5 Å². The summed E-state index contributed by atoms with van der Waals surface area (Å²) in [6, 6.07) is 3.27. The van der Waals surface area contributed by atoms with Crippen molar-refractivity contribution in [1.82, 2.24) is 0 Å². The Kier molecular flexibility index (Phi) is 3.99. The van der Waals surface area contributed by atoms with Crippen LogP contribution >= 0.6 is 0 Å². The molecule has 0 saturated carbocycles. The van der Waals surface area contributed by atoms with Gasteiger partial charge in [0, 0.05) is 6.07 Å². The number of halogens is 1. The SMILES string of the molecule is CC(C)OC(=O)Oc1cc(F)ccc1C=O. The van der Waals surface area contributed by atoms with E-state index in [0.29, 0.717) is 6.29 Å². The van der Waals surface area contributed by atoms with Crippen molar-refractivity contribution in [1.29, 1.82) is 0 Å². The fourth-order valence-electron chi connectivity index (χ4n) is 1.00. The predicted octanol–water partition coefficient (Wildman–Crippen LogP) is 2.56. The quantitative estimate of drug-likeness (QED) is 0.451. The smallest absolute Gasteiger partial charge is 0.431 e. The lowest BCUT2D eigenvalue weighted by atomic mass is 10.2. The van der Waals surface area contributed by atoms with Crippen LogP contribution in [0, 0.1) is 5.82 Å². The van der Waals surface area contributed by atoms with Gasteiger partial charge in [0.25, 0.3) is 0 Å². The van der Waals surface area contributed by atoms with Crippen LogP contribution in [0.25, 0.3) is 0 Å². The van der Waals surface area contributed by atoms with Gasteiger partial charge in [-0.05, 0) is 26.0 Å². The van der Waals surface area contributed by atoms with E-state index in [-0.39, 0.29) is 17.4 Å². The molecular formula is C11H11FO4. The average Bonchev–Trinajstić information content (AvgIpc) is 2.16. The summed E-state index contributed by atoms with van der Waals surface area (Å²) in [6.07, 6.45) is -0.846. The maximum absolute atomic E-state index is 12.8. The van der Waals surface area contributed by atoms with Gasteiger partial charge in [0.15, 0.2) is 6.29 Å². The van der Waals surface area contributed by atoms with Gasteiger partial charge < -0.3 is 9.47 Å². The first-order chi connectivity index (χ1) is 7.52. The number of carbonyl (C=O) groups excluding carboxylic acids is 2. The lowest BCUT2D eigenvalue weighted by Gasteiger charge is -2.09. The van der Waals surface area contributed by atoms with E-state index in [9.17, 15) is 14.0 Å². The molecule has 0 heterocycles. The Bertz CT molecular complexity index is 401. The first-order valence-corrected chi connectivity index (χ1v) is 4.66. The summed E-state index contributed by atoms with van der Waals surface area (Å²) in [4.78, 5) is 21.7. The fraction of sp³-hybridized carbons (Fsp3) is 0.273. The van der Waals surface area contributed by atoms with Crippen LogP contribution in [-0.2, 0) is 4.74 Å². The molecule has 1 rings (SSSR count). The van der Waals surface area contributed by atoms with Crippen LogP contribution in [0.4, 0.5) is 9.18 Å². The van der Waals surface area contributed by atoms with Crippen LogP contribution in [0.5, 0.6) is 5.75 Å². The van der Waals surface area contributed by atoms with Crippen LogP contribution in [0.15, 0.2) is 18.2 Å². The van der Waals surface area contributed by atoms with Crippen LogP contribution in [0.2, 0.25) is 0 Å². The molecule has 0 bridgehead atoms. The second-order valence-corrected chi connectivity index (χ2v) is 3.32. The summed E-state index contributed by atoms with van der Waals surface area (Å²) in [5.41, 5.74) is 0.0853. The summed E-state index contributed by atoms with van der Waals surface area (Å²) in [6.45, 7) is 3.29. The van der Waals surface area contributed by atoms with E-state index in [1.807, 2.05) is 0 Å². The molecule has 1 aromatic rings. The summed E-state index contributed by atoms with van der Waals surface area (Å²) in [5, 5.41) is 0. The zero-order valence-electron chi connectivity index (χ0n) is 8.90. The zero-order chi connectivity index (χ0) is 12.1. The highest BCUT2D eigenvalue weighted by atomic mass is 19.1. The summed E-state index contributed by atoms with van der Waals surface area (Å²) in [5.74, 6) is -0.751. The molecule has 1 aromatic carbocycles. The van der Waals surface area contributed by atoms with Crippen molar-refractivity contribution in [2.75, 3.05) is 0 Å². The topological polar surface area (TPSA) is 52.6 Å². The molecule has 0 aromatic heterocycles. The summed E-state index contributed by atoms with van der Waals surface area (Å²) < 4.78 is 22.2. The molecule has 86 valence electrons. The van der Waals surface area contributed by atoms with Crippen LogP contribution in [0.3, 0.4) is 0 Å². The lowest BCUT2D eigenvalue weighted by molar-refractivity contribution is 0.0726. The van der Waals surface area contributed by atoms with Crippen molar-refractivity contribution in [3.05, 3.63) is 29.6 Å². The van der Waals surface area contributed by atoms with E-state index in [1.165, 1.54) is 6.07 Å². The lowest BCUT2D eigenvalue weighted by Crippen LogP contribution is -2.16. The molecule has 0 aliphatic heterocycles. The second kappa shape index (κ2) is 5.25. The maximum Gasteiger partial charge on any atom is 0.514 e. The molecule has 0 aliphatic rings. The Labute approximate surface area is 92.0 Å². The Hall–Kier alpha value is -1.91. The van der Waals surface area contributed by atoms with Crippen LogP contribution < -0.4 is 4.74 Å². The Balaban J connectivity index is 2.83. The number of hydrogen-bond acceptors (Lipinski definition) is 4. The molecule has 0 saturated heterocycles. The highest BCUT2D eigenvalue weighted by molar-refractivity contribution is 5.81. The first kappa shape index (κ1) is 12.2. The van der Waals surface area contributed by atoms with Gasteiger partial charge in [-0.15, -0.1) is 0 Å². The minimum absolute atomic E-state index is 0.0853. The van der Waals surface area contributed by atoms with E-state index >= 15 is 0 Å². The van der Waals surface area contributed by atoms with Gasteiger partial charge in [0.05, 0.1) is 11.7 Å². The largest absolute Gasteiger partial charge is 0.514 e. The normalized spacial score (nSPS) is 10.0. The molecule has 0 radical (unpaired) electrons. The molecule has 0 aliphatic carbocycles. The van der Waals surface area contributed by atoms with Gasteiger partial charge in [-0.2, -0.15) is 0 Å². The van der Waals surface area contributed by atoms with Crippen molar-refractivity contribution in [2.24, 2.45) is 0 Å². The van der Waals surface area contributed by atoms with E-state index in [1.54, 1.807) is 13.8 Å². The first-order valence-electron chi connectivity index (χ1n) is 4.66. The van der Waals surface area contributed by atoms with Crippen molar-refractivity contribution >= 4 is 12.4 Å². The molecule has 0 fully saturated rings. The van der Waals surface area contributed by atoms with E-state index in [2.05, 4.69) is 0 Å². The van der Waals surface area contributed by atoms with Gasteiger partial charge in [0.2, 0.25) is 0 Å². The summed E-state index contributed by atoms with van der Waals surface area (Å²) >= 11 is 0. The molecule has 0 amide bonds. The summed E-state index contributed by atoms with van der Waals surface area (Å²) in [7, 11) is 0. The predicted molar refractivity (Wildman–Crippen MR) is 54.0 cm³/mol. The van der Waals surface area contributed by atoms with Crippen molar-refractivity contribution in [2.45, 2.75) is 20.0 Å². The number of rotatable bonds is 3. The van der Waals surface area contributed by atoms with Gasteiger partial charge in [-0.25, -0.2) is 9.18 Å². The van der Waals surface area contributed by atoms with E-state index in [4.69, 9.17) is 9.47 Å². The molecule has 0 atom stereocenters. The van der Waals surface area contributed by atoms with Crippen molar-refractivity contribution in [3.63, 3.8) is 0 Å². The third-order valence-corrected chi connectivity index (χ3v) is 1.63. The molecule has 0 unspecified atom stereocenters. The van der Waals surface area contributed by atoms with Gasteiger partial charge in [0.1, 0.15) is 11.6 Å². The molecule has 5 heteroatoms. The van der Waals surface area contributed by atoms with Crippen molar-refractivity contribution in [3.8, 4) is 5.75 Å². The standard InChI is InChI=1S/C11H11FO4/c1-7(2)15-11(14)16-10-5-9(12)4-3-8(10)6-13/h3-7H,1-2H3. The van der Waals surface area contributed by atoms with Crippen LogP contribution in [0.1, 0.15) is 24.2 Å². The van der Waals surface area contributed by atoms with Gasteiger partial charge in [-0.3, -0.25) is 4.79 Å². The number of benzene rings is 1. The van der Waals surface area contributed by atoms with E-state index < -0.39 is 12.0 Å². The molecule has 0 N–H and O–H groups in total. The minimum Gasteiger partial charge on any atom is -0.431 e.